The Morgan fingerprint density at radius 3 is 2.47 bits per heavy atom. The third-order valence-electron chi connectivity index (χ3n) is 8.09. The molecule has 0 spiro atoms. The lowest BCUT2D eigenvalue weighted by Crippen LogP contribution is -2.34. The largest absolute Gasteiger partial charge is 0.366 e. The molecule has 2 aliphatic carbocycles. The van der Waals surface area contributed by atoms with Crippen molar-refractivity contribution in [2.24, 2.45) is 11.7 Å². The molecule has 0 radical (unpaired) electrons. The van der Waals surface area contributed by atoms with Gasteiger partial charge in [0.05, 0.1) is 28.6 Å². The van der Waals surface area contributed by atoms with Gasteiger partial charge in [-0.2, -0.15) is 5.10 Å². The van der Waals surface area contributed by atoms with Crippen molar-refractivity contribution in [1.82, 2.24) is 20.1 Å². The van der Waals surface area contributed by atoms with Crippen LogP contribution in [0, 0.1) is 23.4 Å². The number of amides is 2. The second-order valence-electron chi connectivity index (χ2n) is 11.2. The summed E-state index contributed by atoms with van der Waals surface area (Å²) in [5, 5.41) is 6.40. The van der Waals surface area contributed by atoms with Crippen molar-refractivity contribution < 1.29 is 40.3 Å². The first-order valence-corrected chi connectivity index (χ1v) is 13.9. The lowest BCUT2D eigenvalue weighted by molar-refractivity contribution is -0.122. The zero-order chi connectivity index (χ0) is 32.2. The molecule has 3 atom stereocenters. The van der Waals surface area contributed by atoms with Gasteiger partial charge in [-0.1, -0.05) is 12.1 Å². The lowest BCUT2D eigenvalue weighted by atomic mass is 9.92. The van der Waals surface area contributed by atoms with Gasteiger partial charge in [-0.05, 0) is 60.2 Å². The number of halogens is 7. The molecule has 1 fully saturated rings. The molecule has 45 heavy (non-hydrogen) atoms. The predicted octanol–water partition coefficient (Wildman–Crippen LogP) is 6.10. The van der Waals surface area contributed by atoms with Gasteiger partial charge in [0.1, 0.15) is 29.7 Å². The first kappa shape index (κ1) is 30.3. The molecule has 2 amide bonds. The monoisotopic (exact) mass is 631 g/mol. The standard InChI is InChI=1S/C31H24F7N5O2/c32-17-6-14(7-18(33)11-17)8-23(26-19(2-1-5-40-26)15-3-4-22(34)21(9-15)30(39)45)41-24(44)13-43-28-20-10-16(20)12-31(37,38)25(28)27(42-43)29(35)36/h1-7,9,11,16,20,23,29H,8,10,12-13H2,(H2,39,45)(H,41,44)/t16?,20?,23-/m0/s1. The maximum Gasteiger partial charge on any atom is 0.282 e. The maximum atomic E-state index is 14.9. The summed E-state index contributed by atoms with van der Waals surface area (Å²) in [5.74, 6) is -8.88. The van der Waals surface area contributed by atoms with Crippen LogP contribution in [-0.4, -0.2) is 26.6 Å². The maximum absolute atomic E-state index is 14.9. The highest BCUT2D eigenvalue weighted by Crippen LogP contribution is 2.62. The van der Waals surface area contributed by atoms with E-state index >= 15 is 0 Å². The summed E-state index contributed by atoms with van der Waals surface area (Å²) in [5.41, 5.74) is 3.71. The highest BCUT2D eigenvalue weighted by molar-refractivity contribution is 5.94. The summed E-state index contributed by atoms with van der Waals surface area (Å²) in [4.78, 5) is 29.6. The van der Waals surface area contributed by atoms with Gasteiger partial charge in [0.15, 0.2) is 0 Å². The van der Waals surface area contributed by atoms with Crippen molar-refractivity contribution >= 4 is 11.8 Å². The van der Waals surface area contributed by atoms with Gasteiger partial charge in [0.25, 0.3) is 18.3 Å². The minimum atomic E-state index is -3.53. The summed E-state index contributed by atoms with van der Waals surface area (Å²) in [6, 6.07) is 8.25. The zero-order valence-electron chi connectivity index (χ0n) is 23.2. The molecule has 0 bridgehead atoms. The Bertz CT molecular complexity index is 1810. The van der Waals surface area contributed by atoms with Crippen LogP contribution >= 0.6 is 0 Å². The lowest BCUT2D eigenvalue weighted by Gasteiger charge is -2.24. The SMILES string of the molecule is NC(=O)c1cc(-c2cccnc2[C@H](Cc2cc(F)cc(F)c2)NC(=O)Cn2nc(C(F)F)c3c2C2CC2CC3(F)F)ccc1F. The van der Waals surface area contributed by atoms with Gasteiger partial charge in [-0.25, -0.2) is 30.7 Å². The number of nitrogens with zero attached hydrogens (tertiary/aromatic N) is 3. The molecular formula is C31H24F7N5O2. The zero-order valence-corrected chi connectivity index (χ0v) is 23.2. The number of nitrogens with two attached hydrogens (primary N) is 1. The number of pyridine rings is 1. The third-order valence-corrected chi connectivity index (χ3v) is 8.09. The number of hydrogen-bond donors (Lipinski definition) is 2. The number of benzene rings is 2. The summed E-state index contributed by atoms with van der Waals surface area (Å²) < 4.78 is 101. The van der Waals surface area contributed by atoms with E-state index in [0.717, 1.165) is 22.9 Å². The van der Waals surface area contributed by atoms with E-state index in [0.29, 0.717) is 18.1 Å². The van der Waals surface area contributed by atoms with E-state index in [9.17, 15) is 40.3 Å². The second kappa shape index (κ2) is 11.3. The number of carbonyl (C=O) groups excluding carboxylic acids is 2. The van der Waals surface area contributed by atoms with Crippen molar-refractivity contribution in [1.29, 1.82) is 0 Å². The fourth-order valence-electron chi connectivity index (χ4n) is 6.14. The van der Waals surface area contributed by atoms with Gasteiger partial charge < -0.3 is 11.1 Å². The minimum Gasteiger partial charge on any atom is -0.366 e. The Hall–Kier alpha value is -4.75. The molecule has 1 saturated carbocycles. The van der Waals surface area contributed by atoms with Crippen molar-refractivity contribution in [3.8, 4) is 11.1 Å². The smallest absolute Gasteiger partial charge is 0.282 e. The van der Waals surface area contributed by atoms with Crippen LogP contribution < -0.4 is 11.1 Å². The first-order chi connectivity index (χ1) is 21.3. The molecule has 2 unspecified atom stereocenters. The second-order valence-corrected chi connectivity index (χ2v) is 11.2. The van der Waals surface area contributed by atoms with E-state index in [2.05, 4.69) is 15.4 Å². The molecule has 14 heteroatoms. The highest BCUT2D eigenvalue weighted by atomic mass is 19.3. The fourth-order valence-corrected chi connectivity index (χ4v) is 6.14. The first-order valence-electron chi connectivity index (χ1n) is 13.9. The number of alkyl halides is 4. The summed E-state index contributed by atoms with van der Waals surface area (Å²) >= 11 is 0. The van der Waals surface area contributed by atoms with Gasteiger partial charge in [0, 0.05) is 30.2 Å². The van der Waals surface area contributed by atoms with E-state index in [1.54, 1.807) is 6.07 Å². The molecule has 2 heterocycles. The Balaban J connectivity index is 1.38. The molecule has 6 rings (SSSR count). The van der Waals surface area contributed by atoms with Crippen LogP contribution in [0.2, 0.25) is 0 Å². The van der Waals surface area contributed by atoms with Crippen molar-refractivity contribution in [2.75, 3.05) is 0 Å². The molecule has 234 valence electrons. The van der Waals surface area contributed by atoms with Crippen LogP contribution in [0.4, 0.5) is 30.7 Å². The van der Waals surface area contributed by atoms with Crippen LogP contribution in [0.5, 0.6) is 0 Å². The molecule has 4 aromatic rings. The number of primary amides is 1. The number of carbonyl (C=O) groups is 2. The molecule has 2 aromatic carbocycles. The van der Waals surface area contributed by atoms with Crippen LogP contribution in [0.1, 0.15) is 69.8 Å². The van der Waals surface area contributed by atoms with Gasteiger partial charge >= 0.3 is 0 Å². The molecular weight excluding hydrogens is 607 g/mol. The van der Waals surface area contributed by atoms with Crippen LogP contribution in [0.25, 0.3) is 11.1 Å². The van der Waals surface area contributed by atoms with Crippen LogP contribution in [-0.2, 0) is 23.7 Å². The number of rotatable bonds is 9. The minimum absolute atomic E-state index is 0.103. The molecule has 3 N–H and O–H groups in total. The van der Waals surface area contributed by atoms with E-state index in [-0.39, 0.29) is 28.9 Å². The normalized spacial score (nSPS) is 18.7. The van der Waals surface area contributed by atoms with E-state index in [1.807, 2.05) is 0 Å². The fraction of sp³-hybridized carbons (Fsp3) is 0.290. The Morgan fingerprint density at radius 1 is 1.04 bits per heavy atom. The average molecular weight is 632 g/mol. The number of fused-ring (bicyclic) bond motifs is 3. The summed E-state index contributed by atoms with van der Waals surface area (Å²) in [7, 11) is 0. The van der Waals surface area contributed by atoms with Crippen molar-refractivity contribution in [3.05, 3.63) is 106 Å². The molecule has 2 aromatic heterocycles. The summed E-state index contributed by atoms with van der Waals surface area (Å²) in [6.45, 7) is -0.701. The van der Waals surface area contributed by atoms with Crippen LogP contribution in [0.15, 0.2) is 54.7 Å². The predicted molar refractivity (Wildman–Crippen MR) is 146 cm³/mol. The average Bonchev–Trinajstić information content (AvgIpc) is 3.60. The van der Waals surface area contributed by atoms with E-state index < -0.39 is 89.3 Å². The van der Waals surface area contributed by atoms with E-state index in [4.69, 9.17) is 5.73 Å². The highest BCUT2D eigenvalue weighted by Gasteiger charge is 2.57. The molecule has 0 aliphatic heterocycles. The number of aromatic nitrogens is 3. The van der Waals surface area contributed by atoms with Crippen molar-refractivity contribution in [2.45, 2.75) is 50.1 Å². The third kappa shape index (κ3) is 5.88. The number of hydrogen-bond acceptors (Lipinski definition) is 4. The van der Waals surface area contributed by atoms with Gasteiger partial charge in [-0.3, -0.25) is 19.3 Å². The Labute approximate surface area is 251 Å². The quantitative estimate of drug-likeness (QED) is 0.218. The van der Waals surface area contributed by atoms with E-state index in [1.165, 1.54) is 24.4 Å². The van der Waals surface area contributed by atoms with Crippen molar-refractivity contribution in [3.63, 3.8) is 0 Å². The number of nitrogens with one attached hydrogen (secondary N) is 1. The Kier molecular flexibility index (Phi) is 7.61. The van der Waals surface area contributed by atoms with Gasteiger partial charge in [-0.15, -0.1) is 0 Å². The molecule has 7 nitrogen and oxygen atoms in total. The molecule has 2 aliphatic rings. The molecule has 0 saturated heterocycles. The van der Waals surface area contributed by atoms with Crippen LogP contribution in [0.3, 0.4) is 0 Å². The summed E-state index contributed by atoms with van der Waals surface area (Å²) in [6.07, 6.45) is -2.36. The topological polar surface area (TPSA) is 103 Å². The van der Waals surface area contributed by atoms with Gasteiger partial charge in [0.2, 0.25) is 5.91 Å². The Morgan fingerprint density at radius 2 is 1.78 bits per heavy atom.